The van der Waals surface area contributed by atoms with Gasteiger partial charge >= 0.3 is 5.97 Å². The van der Waals surface area contributed by atoms with E-state index in [2.05, 4.69) is 15.9 Å². The maximum Gasteiger partial charge on any atom is 0.326 e. The maximum atomic E-state index is 11.9. The first-order valence-corrected chi connectivity index (χ1v) is 6.68. The number of esters is 1. The fraction of sp³-hybridized carbons (Fsp3) is 0.133. The standard InChI is InChI=1S/C15H11BrO2/c16-14-13(10-6-2-1-3-7-10)11-8-4-5-9-12(11)18-15(14)17/h1-9,13-14H/t13-,14+/m1/s1. The van der Waals surface area contributed by atoms with Gasteiger partial charge in [-0.25, -0.2) is 0 Å². The smallest absolute Gasteiger partial charge is 0.326 e. The summed E-state index contributed by atoms with van der Waals surface area (Å²) in [5, 5.41) is 0. The van der Waals surface area contributed by atoms with Gasteiger partial charge in [0.1, 0.15) is 10.6 Å². The minimum absolute atomic E-state index is 0.00338. The van der Waals surface area contributed by atoms with Crippen LogP contribution in [-0.2, 0) is 4.79 Å². The number of hydrogen-bond donors (Lipinski definition) is 0. The van der Waals surface area contributed by atoms with Crippen molar-refractivity contribution in [3.8, 4) is 5.75 Å². The van der Waals surface area contributed by atoms with Gasteiger partial charge < -0.3 is 4.74 Å². The fourth-order valence-electron chi connectivity index (χ4n) is 2.30. The molecule has 1 heterocycles. The van der Waals surface area contributed by atoms with E-state index in [1.165, 1.54) is 0 Å². The molecule has 90 valence electrons. The first-order chi connectivity index (χ1) is 8.77. The monoisotopic (exact) mass is 302 g/mol. The molecular formula is C15H11BrO2. The Morgan fingerprint density at radius 3 is 2.39 bits per heavy atom. The van der Waals surface area contributed by atoms with E-state index in [-0.39, 0.29) is 16.7 Å². The van der Waals surface area contributed by atoms with Gasteiger partial charge in [-0.3, -0.25) is 4.79 Å². The average molecular weight is 303 g/mol. The lowest BCUT2D eigenvalue weighted by Crippen LogP contribution is -2.32. The fourth-order valence-corrected chi connectivity index (χ4v) is 2.98. The van der Waals surface area contributed by atoms with Crippen LogP contribution in [0.5, 0.6) is 5.75 Å². The lowest BCUT2D eigenvalue weighted by Gasteiger charge is -2.28. The number of alkyl halides is 1. The second kappa shape index (κ2) is 4.58. The Morgan fingerprint density at radius 2 is 1.61 bits per heavy atom. The molecule has 2 atom stereocenters. The van der Waals surface area contributed by atoms with E-state index >= 15 is 0 Å². The number of ether oxygens (including phenoxy) is 1. The Bertz CT molecular complexity index is 580. The molecule has 0 N–H and O–H groups in total. The SMILES string of the molecule is O=C1Oc2ccccc2[C@@H](c2ccccc2)[C@@H]1Br. The van der Waals surface area contributed by atoms with Crippen molar-refractivity contribution in [1.82, 2.24) is 0 Å². The van der Waals surface area contributed by atoms with Crippen LogP contribution in [0.3, 0.4) is 0 Å². The van der Waals surface area contributed by atoms with Gasteiger partial charge in [-0.2, -0.15) is 0 Å². The van der Waals surface area contributed by atoms with Crippen LogP contribution >= 0.6 is 15.9 Å². The van der Waals surface area contributed by atoms with Crippen molar-refractivity contribution in [2.45, 2.75) is 10.7 Å². The largest absolute Gasteiger partial charge is 0.425 e. The lowest BCUT2D eigenvalue weighted by atomic mass is 9.86. The van der Waals surface area contributed by atoms with Crippen molar-refractivity contribution >= 4 is 21.9 Å². The molecule has 0 spiro atoms. The summed E-state index contributed by atoms with van der Waals surface area (Å²) in [5.74, 6) is 0.429. The van der Waals surface area contributed by atoms with Crippen molar-refractivity contribution in [3.05, 3.63) is 65.7 Å². The summed E-state index contributed by atoms with van der Waals surface area (Å²) >= 11 is 3.45. The molecule has 2 aromatic rings. The number of benzene rings is 2. The van der Waals surface area contributed by atoms with Crippen LogP contribution in [0.25, 0.3) is 0 Å². The van der Waals surface area contributed by atoms with Crippen LogP contribution in [0.1, 0.15) is 17.0 Å². The van der Waals surface area contributed by atoms with E-state index in [9.17, 15) is 4.79 Å². The third kappa shape index (κ3) is 1.85. The van der Waals surface area contributed by atoms with Crippen LogP contribution in [-0.4, -0.2) is 10.8 Å². The zero-order valence-corrected chi connectivity index (χ0v) is 11.1. The first kappa shape index (κ1) is 11.5. The van der Waals surface area contributed by atoms with E-state index in [1.54, 1.807) is 0 Å². The molecule has 18 heavy (non-hydrogen) atoms. The molecule has 0 fully saturated rings. The van der Waals surface area contributed by atoms with Gasteiger partial charge in [-0.15, -0.1) is 0 Å². The van der Waals surface area contributed by atoms with Crippen molar-refractivity contribution in [2.75, 3.05) is 0 Å². The zero-order valence-electron chi connectivity index (χ0n) is 9.55. The van der Waals surface area contributed by atoms with Gasteiger partial charge in [0.2, 0.25) is 0 Å². The molecule has 0 aliphatic carbocycles. The van der Waals surface area contributed by atoms with Crippen molar-refractivity contribution in [3.63, 3.8) is 0 Å². The zero-order chi connectivity index (χ0) is 12.5. The minimum atomic E-state index is -0.338. The number of rotatable bonds is 1. The molecule has 1 aliphatic heterocycles. The summed E-state index contributed by atoms with van der Waals surface area (Å²) in [6.45, 7) is 0. The predicted octanol–water partition coefficient (Wildman–Crippen LogP) is 3.50. The van der Waals surface area contributed by atoms with E-state index in [4.69, 9.17) is 4.74 Å². The summed E-state index contributed by atoms with van der Waals surface area (Å²) in [6.07, 6.45) is 0. The van der Waals surface area contributed by atoms with Crippen LogP contribution in [0.2, 0.25) is 0 Å². The number of para-hydroxylation sites is 1. The number of carbonyl (C=O) groups is 1. The van der Waals surface area contributed by atoms with Gasteiger partial charge in [0.05, 0.1) is 0 Å². The molecule has 0 saturated carbocycles. The van der Waals surface area contributed by atoms with Crippen LogP contribution < -0.4 is 4.74 Å². The molecule has 0 aromatic heterocycles. The minimum Gasteiger partial charge on any atom is -0.425 e. The highest BCUT2D eigenvalue weighted by Crippen LogP contribution is 2.41. The molecule has 0 amide bonds. The molecule has 0 unspecified atom stereocenters. The van der Waals surface area contributed by atoms with Gasteiger partial charge in [-0.05, 0) is 11.6 Å². The Morgan fingerprint density at radius 1 is 0.944 bits per heavy atom. The van der Waals surface area contributed by atoms with E-state index < -0.39 is 0 Å². The maximum absolute atomic E-state index is 11.9. The van der Waals surface area contributed by atoms with Crippen LogP contribution in [0, 0.1) is 0 Å². The molecule has 3 heteroatoms. The Labute approximate surface area is 114 Å². The highest BCUT2D eigenvalue weighted by atomic mass is 79.9. The predicted molar refractivity (Wildman–Crippen MR) is 73.1 cm³/mol. The highest BCUT2D eigenvalue weighted by Gasteiger charge is 2.36. The molecule has 3 rings (SSSR count). The summed E-state index contributed by atoms with van der Waals surface area (Å²) in [6, 6.07) is 17.7. The molecular weight excluding hydrogens is 292 g/mol. The Hall–Kier alpha value is -1.61. The van der Waals surface area contributed by atoms with Crippen molar-refractivity contribution < 1.29 is 9.53 Å². The summed E-state index contributed by atoms with van der Waals surface area (Å²) in [5.41, 5.74) is 2.16. The molecule has 1 aliphatic rings. The molecule has 2 aromatic carbocycles. The quantitative estimate of drug-likeness (QED) is 0.458. The molecule has 0 radical (unpaired) electrons. The van der Waals surface area contributed by atoms with Gasteiger partial charge in [-0.1, -0.05) is 64.5 Å². The summed E-state index contributed by atoms with van der Waals surface area (Å²) in [7, 11) is 0. The lowest BCUT2D eigenvalue weighted by molar-refractivity contribution is -0.134. The summed E-state index contributed by atoms with van der Waals surface area (Å²) < 4.78 is 5.31. The van der Waals surface area contributed by atoms with Gasteiger partial charge in [0.25, 0.3) is 0 Å². The normalized spacial score (nSPS) is 22.2. The Balaban J connectivity index is 2.15. The van der Waals surface area contributed by atoms with Gasteiger partial charge in [0, 0.05) is 11.5 Å². The summed E-state index contributed by atoms with van der Waals surface area (Å²) in [4.78, 5) is 11.5. The van der Waals surface area contributed by atoms with Crippen molar-refractivity contribution in [1.29, 1.82) is 0 Å². The van der Waals surface area contributed by atoms with E-state index in [0.29, 0.717) is 5.75 Å². The molecule has 0 saturated heterocycles. The number of hydrogen-bond acceptors (Lipinski definition) is 2. The number of carbonyl (C=O) groups excluding carboxylic acids is 1. The molecule has 2 nitrogen and oxygen atoms in total. The first-order valence-electron chi connectivity index (χ1n) is 5.77. The third-order valence-electron chi connectivity index (χ3n) is 3.14. The third-order valence-corrected chi connectivity index (χ3v) is 4.04. The number of fused-ring (bicyclic) bond motifs is 1. The van der Waals surface area contributed by atoms with Crippen molar-refractivity contribution in [2.24, 2.45) is 0 Å². The second-order valence-corrected chi connectivity index (χ2v) is 5.24. The molecule has 0 bridgehead atoms. The van der Waals surface area contributed by atoms with Gasteiger partial charge in [0.15, 0.2) is 0 Å². The average Bonchev–Trinajstić information content (AvgIpc) is 2.41. The Kier molecular flexibility index (Phi) is 2.92. The van der Waals surface area contributed by atoms with E-state index in [1.807, 2.05) is 54.6 Å². The van der Waals surface area contributed by atoms with E-state index in [0.717, 1.165) is 11.1 Å². The van der Waals surface area contributed by atoms with Crippen LogP contribution in [0.15, 0.2) is 54.6 Å². The second-order valence-electron chi connectivity index (χ2n) is 4.25. The topological polar surface area (TPSA) is 26.3 Å². The van der Waals surface area contributed by atoms with Crippen LogP contribution in [0.4, 0.5) is 0 Å². The highest BCUT2D eigenvalue weighted by molar-refractivity contribution is 9.10. The number of halogens is 1.